The predicted octanol–water partition coefficient (Wildman–Crippen LogP) is 6.46. The van der Waals surface area contributed by atoms with Crippen molar-refractivity contribution in [2.75, 3.05) is 13.1 Å². The number of cyclic esters (lactones) is 1. The summed E-state index contributed by atoms with van der Waals surface area (Å²) in [6.45, 7) is 18.9. The highest BCUT2D eigenvalue weighted by molar-refractivity contribution is 6.74. The number of fused-ring (bicyclic) bond motifs is 3. The molecule has 1 aromatic rings. The molecule has 3 rings (SSSR count). The van der Waals surface area contributed by atoms with Crippen LogP contribution in [0.1, 0.15) is 77.7 Å². The number of esters is 1. The second-order valence-corrected chi connectivity index (χ2v) is 18.6. The Morgan fingerprint density at radius 3 is 2.56 bits per heavy atom. The van der Waals surface area contributed by atoms with E-state index in [4.69, 9.17) is 13.6 Å². The molecule has 0 spiro atoms. The molecule has 1 N–H and O–H groups in total. The molecule has 248 valence electrons. The van der Waals surface area contributed by atoms with Gasteiger partial charge in [0, 0.05) is 25.4 Å². The Kier molecular flexibility index (Phi) is 12.3. The van der Waals surface area contributed by atoms with Gasteiger partial charge >= 0.3 is 5.97 Å². The Morgan fingerprint density at radius 1 is 1.18 bits per heavy atom. The van der Waals surface area contributed by atoms with Gasteiger partial charge in [0.2, 0.25) is 5.91 Å². The van der Waals surface area contributed by atoms with Crippen LogP contribution in [0.25, 0.3) is 0 Å². The van der Waals surface area contributed by atoms with Gasteiger partial charge in [-0.2, -0.15) is 0 Å². The van der Waals surface area contributed by atoms with E-state index in [1.807, 2.05) is 45.9 Å². The summed E-state index contributed by atoms with van der Waals surface area (Å²) < 4.78 is 33.6. The predicted molar refractivity (Wildman–Crippen MR) is 174 cm³/mol. The maximum Gasteiger partial charge on any atom is 0.355 e. The first-order valence-corrected chi connectivity index (χ1v) is 18.7. The van der Waals surface area contributed by atoms with Gasteiger partial charge in [-0.3, -0.25) is 9.59 Å². The molecule has 11 heteroatoms. The molecular weight excluding hydrogens is 593 g/mol. The smallest absolute Gasteiger partial charge is 0.355 e. The third-order valence-electron chi connectivity index (χ3n) is 8.54. The van der Waals surface area contributed by atoms with E-state index < -0.39 is 38.6 Å². The van der Waals surface area contributed by atoms with E-state index >= 15 is 4.39 Å². The van der Waals surface area contributed by atoms with Gasteiger partial charge in [0.05, 0.1) is 12.5 Å². The Balaban J connectivity index is 1.93. The molecule has 2 amide bonds. The van der Waals surface area contributed by atoms with E-state index in [-0.39, 0.29) is 59.4 Å². The summed E-state index contributed by atoms with van der Waals surface area (Å²) in [6.07, 6.45) is 9.68. The number of rotatable bonds is 3. The van der Waals surface area contributed by atoms with E-state index in [2.05, 4.69) is 44.2 Å². The third-order valence-corrected chi connectivity index (χ3v) is 13.0. The van der Waals surface area contributed by atoms with Crippen molar-refractivity contribution in [3.8, 4) is 0 Å². The highest BCUT2D eigenvalue weighted by atomic mass is 28.4. The van der Waals surface area contributed by atoms with E-state index in [0.29, 0.717) is 13.0 Å². The zero-order valence-electron chi connectivity index (χ0n) is 28.2. The number of allylic oxidation sites excluding steroid dienone is 2. The molecule has 0 aliphatic carbocycles. The summed E-state index contributed by atoms with van der Waals surface area (Å²) in [7, 11) is -2.25. The number of ether oxygens (including phenoxy) is 1. The fraction of sp³-hybridized carbons (Fsp3) is 0.588. The monoisotopic (exact) mass is 643 g/mol. The molecule has 2 bridgehead atoms. The number of carbonyl (C=O) groups excluding carboxylic acids is 3. The third kappa shape index (κ3) is 10.1. The van der Waals surface area contributed by atoms with Crippen molar-refractivity contribution in [3.63, 3.8) is 0 Å². The van der Waals surface area contributed by atoms with Crippen LogP contribution in [0.2, 0.25) is 18.1 Å². The molecule has 9 nitrogen and oxygen atoms in total. The molecule has 45 heavy (non-hydrogen) atoms. The lowest BCUT2D eigenvalue weighted by Crippen LogP contribution is -2.44. The van der Waals surface area contributed by atoms with E-state index in [0.717, 1.165) is 5.57 Å². The summed E-state index contributed by atoms with van der Waals surface area (Å²) >= 11 is 0. The zero-order valence-corrected chi connectivity index (χ0v) is 29.2. The largest absolute Gasteiger partial charge is 0.457 e. The standard InChI is InChI=1S/C34H50FN3O6Si/c1-22(2)31-24(4)14-15-29(39)36-16-10-12-23(3)18-26(44-45(8,9)34(5,6)7)19-25(35)20-30-37-27(21-42-30)32(40)38-17-11-13-28(38)33(41)43-31/h10,12-15,18,21-22,24-26,31H,11,16-17,19-20H2,1-9H3,(H,36,39)/b12-10+,15-14+,23-18+/t24-,25-,26+,31-/m0/s1. The summed E-state index contributed by atoms with van der Waals surface area (Å²) in [4.78, 5) is 44.8. The van der Waals surface area contributed by atoms with Gasteiger partial charge in [-0.15, -0.1) is 0 Å². The van der Waals surface area contributed by atoms with Crippen molar-refractivity contribution in [1.82, 2.24) is 15.2 Å². The minimum atomic E-state index is -2.25. The summed E-state index contributed by atoms with van der Waals surface area (Å²) in [5, 5.41) is 2.75. The first-order valence-electron chi connectivity index (χ1n) is 15.8. The van der Waals surface area contributed by atoms with Gasteiger partial charge in [0.1, 0.15) is 24.2 Å². The van der Waals surface area contributed by atoms with Gasteiger partial charge in [0.15, 0.2) is 19.9 Å². The van der Waals surface area contributed by atoms with Crippen LogP contribution in [-0.4, -0.2) is 67.5 Å². The van der Waals surface area contributed by atoms with Crippen LogP contribution in [0.4, 0.5) is 4.39 Å². The lowest BCUT2D eigenvalue weighted by Gasteiger charge is -2.39. The highest BCUT2D eigenvalue weighted by Crippen LogP contribution is 2.38. The van der Waals surface area contributed by atoms with Crippen LogP contribution in [0, 0.1) is 11.8 Å². The summed E-state index contributed by atoms with van der Waals surface area (Å²) in [5.74, 6) is -1.64. The summed E-state index contributed by atoms with van der Waals surface area (Å²) in [5.41, 5.74) is 1.00. The van der Waals surface area contributed by atoms with E-state index in [9.17, 15) is 14.4 Å². The number of hydrogen-bond donors (Lipinski definition) is 1. The molecule has 2 aliphatic heterocycles. The topological polar surface area (TPSA) is 111 Å². The number of hydrogen-bond acceptors (Lipinski definition) is 7. The molecule has 0 fully saturated rings. The fourth-order valence-corrected chi connectivity index (χ4v) is 6.31. The zero-order chi connectivity index (χ0) is 33.5. The maximum atomic E-state index is 15.6. The first kappa shape index (κ1) is 36.2. The Labute approximate surface area is 268 Å². The number of alkyl halides is 1. The fourth-order valence-electron chi connectivity index (χ4n) is 5.03. The van der Waals surface area contributed by atoms with Crippen molar-refractivity contribution < 1.29 is 32.4 Å². The SMILES string of the molecule is CC1=C\[C@@H](O[Si](C)(C)C(C)(C)C)C[C@H](F)Cc2nc(co2)C(=O)N2CCC=C2C(=O)O[C@@H](C(C)C)[C@@H](C)/C=C/C(=O)NC\C=C\1. The van der Waals surface area contributed by atoms with Gasteiger partial charge < -0.3 is 23.8 Å². The van der Waals surface area contributed by atoms with Crippen LogP contribution in [0.3, 0.4) is 0 Å². The van der Waals surface area contributed by atoms with Crippen LogP contribution in [-0.2, 0) is 25.2 Å². The maximum absolute atomic E-state index is 15.6. The second kappa shape index (κ2) is 15.3. The minimum absolute atomic E-state index is 0.00568. The van der Waals surface area contributed by atoms with Gasteiger partial charge in [0.25, 0.3) is 5.91 Å². The van der Waals surface area contributed by atoms with Crippen molar-refractivity contribution in [2.24, 2.45) is 11.8 Å². The van der Waals surface area contributed by atoms with Crippen molar-refractivity contribution in [1.29, 1.82) is 0 Å². The average molecular weight is 644 g/mol. The van der Waals surface area contributed by atoms with Gasteiger partial charge in [-0.1, -0.05) is 77.5 Å². The highest BCUT2D eigenvalue weighted by Gasteiger charge is 2.39. The second-order valence-electron chi connectivity index (χ2n) is 13.8. The number of carbonyl (C=O) groups is 3. The molecule has 0 unspecified atom stereocenters. The lowest BCUT2D eigenvalue weighted by atomic mass is 9.94. The van der Waals surface area contributed by atoms with Crippen LogP contribution in [0.5, 0.6) is 0 Å². The number of nitrogens with one attached hydrogen (secondary N) is 1. The van der Waals surface area contributed by atoms with Crippen molar-refractivity contribution in [3.05, 3.63) is 65.6 Å². The van der Waals surface area contributed by atoms with Crippen LogP contribution >= 0.6 is 0 Å². The molecule has 0 radical (unpaired) electrons. The van der Waals surface area contributed by atoms with E-state index in [1.165, 1.54) is 17.2 Å². The Morgan fingerprint density at radius 2 is 1.89 bits per heavy atom. The number of nitrogens with zero attached hydrogens (tertiary/aromatic N) is 2. The average Bonchev–Trinajstić information content (AvgIpc) is 3.61. The Bertz CT molecular complexity index is 1340. The molecule has 3 heterocycles. The quantitative estimate of drug-likeness (QED) is 0.297. The van der Waals surface area contributed by atoms with E-state index in [1.54, 1.807) is 12.2 Å². The number of oxazole rings is 1. The molecular formula is C34H50FN3O6Si. The molecule has 0 saturated carbocycles. The molecule has 0 saturated heterocycles. The lowest BCUT2D eigenvalue weighted by molar-refractivity contribution is -0.149. The molecule has 4 atom stereocenters. The van der Waals surface area contributed by atoms with Crippen molar-refractivity contribution >= 4 is 26.1 Å². The van der Waals surface area contributed by atoms with Crippen LogP contribution < -0.4 is 5.32 Å². The summed E-state index contributed by atoms with van der Waals surface area (Å²) in [6, 6.07) is 0. The van der Waals surface area contributed by atoms with Crippen LogP contribution in [0.15, 0.2) is 58.4 Å². The minimum Gasteiger partial charge on any atom is -0.457 e. The number of amides is 2. The molecule has 1 aromatic heterocycles. The van der Waals surface area contributed by atoms with Gasteiger partial charge in [-0.25, -0.2) is 14.2 Å². The normalized spacial score (nSPS) is 27.6. The molecule has 0 aromatic carbocycles. The first-order chi connectivity index (χ1) is 21.0. The number of aromatic nitrogens is 1. The molecule has 2 aliphatic rings. The number of halogens is 1. The van der Waals surface area contributed by atoms with Gasteiger partial charge in [-0.05, 0) is 43.5 Å². The van der Waals surface area contributed by atoms with Crippen molar-refractivity contribution in [2.45, 2.75) is 104 Å². The Hall–Kier alpha value is -3.31.